The topological polar surface area (TPSA) is 27.7 Å². The van der Waals surface area contributed by atoms with Gasteiger partial charge in [0.15, 0.2) is 0 Å². The number of allylic oxidation sites excluding steroid dienone is 1. The molecule has 0 radical (unpaired) electrons. The molecule has 1 heterocycles. The van der Waals surface area contributed by atoms with E-state index in [1.54, 1.807) is 0 Å². The molecular weight excluding hydrogens is 339 g/mol. The minimum Gasteiger partial charge on any atom is -0.410 e. The highest BCUT2D eigenvalue weighted by Crippen LogP contribution is 2.37. The van der Waals surface area contributed by atoms with Crippen LogP contribution in [-0.2, 0) is 13.7 Å². The Morgan fingerprint density at radius 2 is 1.62 bits per heavy atom. The Kier molecular flexibility index (Phi) is 6.88. The lowest BCUT2D eigenvalue weighted by atomic mass is 9.88. The van der Waals surface area contributed by atoms with Crippen molar-refractivity contribution in [1.29, 1.82) is 0 Å². The van der Waals surface area contributed by atoms with Crippen LogP contribution in [0.1, 0.15) is 73.6 Å². The Morgan fingerprint density at radius 3 is 2.12 bits per heavy atom. The molecule has 5 heteroatoms. The van der Waals surface area contributed by atoms with Crippen LogP contribution in [0.4, 0.5) is 0 Å². The van der Waals surface area contributed by atoms with Crippen molar-refractivity contribution >= 4 is 15.4 Å². The predicted molar refractivity (Wildman–Crippen MR) is 112 cm³/mol. The molecule has 1 saturated carbocycles. The smallest absolute Gasteiger partial charge is 0.410 e. The van der Waals surface area contributed by atoms with E-state index >= 15 is 0 Å². The lowest BCUT2D eigenvalue weighted by Gasteiger charge is -2.32. The Hall–Kier alpha value is -0.538. The quantitative estimate of drug-likeness (QED) is 0.492. The molecule has 0 bridgehead atoms. The SMILES string of the molecule is CC(C)O[Si](C)(C)/C(C#CC1CCCCC1)=C\B1OC(C)(C)C(C)(C)O1. The molecule has 26 heavy (non-hydrogen) atoms. The van der Waals surface area contributed by atoms with E-state index in [-0.39, 0.29) is 24.4 Å². The minimum absolute atomic E-state index is 0.190. The van der Waals surface area contributed by atoms with Gasteiger partial charge in [-0.15, -0.1) is 0 Å². The summed E-state index contributed by atoms with van der Waals surface area (Å²) >= 11 is 0. The van der Waals surface area contributed by atoms with Crippen molar-refractivity contribution in [2.45, 2.75) is 104 Å². The standard InChI is InChI=1S/C21H37BO3Si/c1-17(2)23-26(7,8)19(15-14-18-12-10-9-11-13-18)16-22-24-20(3,4)21(5,6)25-22/h16-18H,9-13H2,1-8H3/b19-16-. The van der Waals surface area contributed by atoms with Gasteiger partial charge in [-0.1, -0.05) is 31.1 Å². The molecule has 1 aliphatic heterocycles. The summed E-state index contributed by atoms with van der Waals surface area (Å²) in [4.78, 5) is 0. The largest absolute Gasteiger partial charge is 0.487 e. The van der Waals surface area contributed by atoms with E-state index in [0.29, 0.717) is 5.92 Å². The van der Waals surface area contributed by atoms with E-state index in [9.17, 15) is 0 Å². The van der Waals surface area contributed by atoms with Crippen molar-refractivity contribution in [1.82, 2.24) is 0 Å². The van der Waals surface area contributed by atoms with Gasteiger partial charge >= 0.3 is 7.12 Å². The van der Waals surface area contributed by atoms with Crippen LogP contribution in [0.15, 0.2) is 11.2 Å². The molecule has 0 aromatic rings. The second-order valence-electron chi connectivity index (χ2n) is 9.49. The maximum absolute atomic E-state index is 6.31. The average Bonchev–Trinajstić information content (AvgIpc) is 2.70. The number of rotatable bonds is 4. The van der Waals surface area contributed by atoms with Gasteiger partial charge in [-0.05, 0) is 73.5 Å². The van der Waals surface area contributed by atoms with Crippen LogP contribution in [0.25, 0.3) is 0 Å². The highest BCUT2D eigenvalue weighted by atomic mass is 28.4. The molecule has 146 valence electrons. The molecule has 1 aliphatic carbocycles. The first kappa shape index (κ1) is 21.8. The first-order valence-electron chi connectivity index (χ1n) is 10.2. The van der Waals surface area contributed by atoms with Crippen molar-refractivity contribution in [3.8, 4) is 11.8 Å². The maximum atomic E-state index is 6.31. The van der Waals surface area contributed by atoms with Crippen LogP contribution in [0, 0.1) is 17.8 Å². The third-order valence-corrected chi connectivity index (χ3v) is 8.42. The first-order valence-corrected chi connectivity index (χ1v) is 13.1. The summed E-state index contributed by atoms with van der Waals surface area (Å²) in [6, 6.07) is 0. The number of hydrogen-bond donors (Lipinski definition) is 0. The third-order valence-electron chi connectivity index (χ3n) is 5.77. The van der Waals surface area contributed by atoms with Gasteiger partial charge < -0.3 is 13.7 Å². The molecule has 1 saturated heterocycles. The zero-order valence-electron chi connectivity index (χ0n) is 18.1. The summed E-state index contributed by atoms with van der Waals surface area (Å²) in [6.45, 7) is 17.0. The Bertz CT molecular complexity index is 562. The fourth-order valence-corrected chi connectivity index (χ4v) is 5.78. The lowest BCUT2D eigenvalue weighted by molar-refractivity contribution is 0.00578. The van der Waals surface area contributed by atoms with Gasteiger partial charge in [0.05, 0.1) is 11.2 Å². The van der Waals surface area contributed by atoms with Gasteiger partial charge in [0.25, 0.3) is 0 Å². The maximum Gasteiger partial charge on any atom is 0.487 e. The highest BCUT2D eigenvalue weighted by molar-refractivity contribution is 6.80. The van der Waals surface area contributed by atoms with Crippen LogP contribution in [0.5, 0.6) is 0 Å². The van der Waals surface area contributed by atoms with E-state index < -0.39 is 8.32 Å². The fraction of sp³-hybridized carbons (Fsp3) is 0.810. The molecule has 2 rings (SSSR count). The predicted octanol–water partition coefficient (Wildman–Crippen LogP) is 5.30. The second kappa shape index (κ2) is 8.22. The van der Waals surface area contributed by atoms with Gasteiger partial charge in [0.2, 0.25) is 8.32 Å². The van der Waals surface area contributed by atoms with Crippen LogP contribution >= 0.6 is 0 Å². The molecular formula is C21H37BO3Si. The number of hydrogen-bond acceptors (Lipinski definition) is 3. The molecule has 0 spiro atoms. The van der Waals surface area contributed by atoms with Gasteiger partial charge in [0, 0.05) is 17.2 Å². The summed E-state index contributed by atoms with van der Waals surface area (Å²) < 4.78 is 18.7. The molecule has 0 aromatic heterocycles. The fourth-order valence-electron chi connectivity index (χ4n) is 3.57. The second-order valence-corrected chi connectivity index (χ2v) is 13.3. The Morgan fingerprint density at radius 1 is 1.08 bits per heavy atom. The van der Waals surface area contributed by atoms with Crippen molar-refractivity contribution in [2.75, 3.05) is 0 Å². The van der Waals surface area contributed by atoms with Crippen LogP contribution in [0.3, 0.4) is 0 Å². The van der Waals surface area contributed by atoms with Crippen molar-refractivity contribution in [3.05, 3.63) is 11.2 Å². The van der Waals surface area contributed by atoms with Crippen molar-refractivity contribution in [3.63, 3.8) is 0 Å². The van der Waals surface area contributed by atoms with Gasteiger partial charge in [-0.2, -0.15) is 0 Å². The summed E-state index contributed by atoms with van der Waals surface area (Å²) in [5, 5.41) is 1.09. The van der Waals surface area contributed by atoms with Gasteiger partial charge in [-0.3, -0.25) is 0 Å². The van der Waals surface area contributed by atoms with Crippen molar-refractivity contribution < 1.29 is 13.7 Å². The summed E-state index contributed by atoms with van der Waals surface area (Å²) in [5.41, 5.74) is -0.665. The van der Waals surface area contributed by atoms with E-state index in [0.717, 1.165) is 5.20 Å². The van der Waals surface area contributed by atoms with Crippen LogP contribution < -0.4 is 0 Å². The normalized spacial score (nSPS) is 23.9. The molecule has 0 unspecified atom stereocenters. The van der Waals surface area contributed by atoms with E-state index in [4.69, 9.17) is 13.7 Å². The minimum atomic E-state index is -2.11. The van der Waals surface area contributed by atoms with Crippen molar-refractivity contribution in [2.24, 2.45) is 5.92 Å². The molecule has 2 aliphatic rings. The zero-order valence-corrected chi connectivity index (χ0v) is 19.1. The lowest BCUT2D eigenvalue weighted by Crippen LogP contribution is -2.41. The molecule has 0 N–H and O–H groups in total. The highest BCUT2D eigenvalue weighted by Gasteiger charge is 2.50. The van der Waals surface area contributed by atoms with E-state index in [2.05, 4.69) is 72.5 Å². The molecule has 0 aromatic carbocycles. The first-order chi connectivity index (χ1) is 11.9. The molecule has 3 nitrogen and oxygen atoms in total. The van der Waals surface area contributed by atoms with Crippen LogP contribution in [-0.4, -0.2) is 32.7 Å². The summed E-state index contributed by atoms with van der Waals surface area (Å²) in [5.74, 6) is 9.65. The molecule has 2 fully saturated rings. The zero-order chi connectivity index (χ0) is 19.6. The van der Waals surface area contributed by atoms with Gasteiger partial charge in [0.1, 0.15) is 0 Å². The summed E-state index contributed by atoms with van der Waals surface area (Å²) in [6.07, 6.45) is 6.60. The van der Waals surface area contributed by atoms with E-state index in [1.807, 2.05) is 0 Å². The molecule has 0 amide bonds. The average molecular weight is 376 g/mol. The Balaban J connectivity index is 2.27. The Labute approximate surface area is 162 Å². The van der Waals surface area contributed by atoms with E-state index in [1.165, 1.54) is 32.1 Å². The third kappa shape index (κ3) is 5.48. The summed E-state index contributed by atoms with van der Waals surface area (Å²) in [7, 11) is -2.48. The van der Waals surface area contributed by atoms with Gasteiger partial charge in [-0.25, -0.2) is 0 Å². The monoisotopic (exact) mass is 376 g/mol. The molecule has 0 atom stereocenters. The van der Waals surface area contributed by atoms with Crippen LogP contribution in [0.2, 0.25) is 13.1 Å².